The molecule has 0 aromatic carbocycles. The van der Waals surface area contributed by atoms with Crippen LogP contribution in [0.15, 0.2) is 23.3 Å². The van der Waals surface area contributed by atoms with Crippen LogP contribution in [0, 0.1) is 0 Å². The maximum atomic E-state index is 11.7. The van der Waals surface area contributed by atoms with E-state index in [1.165, 1.54) is 18.5 Å². The summed E-state index contributed by atoms with van der Waals surface area (Å²) >= 11 is 5.73. The average Bonchev–Trinajstić information content (AvgIpc) is 2.99. The van der Waals surface area contributed by atoms with Gasteiger partial charge in [0, 0.05) is 24.3 Å². The SMILES string of the molecule is O=C(NC1(CCl)CC1)c1c[nH]ccc1=O. The number of aromatic amines is 1. The summed E-state index contributed by atoms with van der Waals surface area (Å²) in [6.45, 7) is 0. The predicted molar refractivity (Wildman–Crippen MR) is 57.2 cm³/mol. The third kappa shape index (κ3) is 2.04. The highest BCUT2D eigenvalue weighted by Gasteiger charge is 2.43. The highest BCUT2D eigenvalue weighted by Crippen LogP contribution is 2.36. The molecule has 0 atom stereocenters. The fourth-order valence-electron chi connectivity index (χ4n) is 1.34. The standard InChI is InChI=1S/C10H11ClN2O2/c11-6-10(2-3-10)13-9(15)7-5-12-4-1-8(7)14/h1,4-5H,2-3,6H2,(H,12,14)(H,13,15). The van der Waals surface area contributed by atoms with Gasteiger partial charge in [-0.05, 0) is 12.8 Å². The Morgan fingerprint density at radius 1 is 1.60 bits per heavy atom. The van der Waals surface area contributed by atoms with Crippen molar-refractivity contribution in [2.45, 2.75) is 18.4 Å². The molecule has 1 aromatic rings. The average molecular weight is 227 g/mol. The van der Waals surface area contributed by atoms with E-state index in [1.807, 2.05) is 0 Å². The summed E-state index contributed by atoms with van der Waals surface area (Å²) < 4.78 is 0. The van der Waals surface area contributed by atoms with Gasteiger partial charge < -0.3 is 10.3 Å². The minimum absolute atomic E-state index is 0.133. The van der Waals surface area contributed by atoms with Crippen LogP contribution in [-0.2, 0) is 0 Å². The maximum absolute atomic E-state index is 11.7. The summed E-state index contributed by atoms with van der Waals surface area (Å²) in [4.78, 5) is 25.7. The second-order valence-electron chi connectivity index (χ2n) is 3.79. The van der Waals surface area contributed by atoms with E-state index in [9.17, 15) is 9.59 Å². The van der Waals surface area contributed by atoms with Crippen LogP contribution >= 0.6 is 11.6 Å². The minimum atomic E-state index is -0.352. The molecular formula is C10H11ClN2O2. The van der Waals surface area contributed by atoms with Gasteiger partial charge >= 0.3 is 0 Å². The molecule has 0 unspecified atom stereocenters. The van der Waals surface area contributed by atoms with Crippen LogP contribution in [0.5, 0.6) is 0 Å². The second-order valence-corrected chi connectivity index (χ2v) is 4.06. The van der Waals surface area contributed by atoms with Crippen LogP contribution in [0.25, 0.3) is 0 Å². The molecule has 15 heavy (non-hydrogen) atoms. The number of rotatable bonds is 3. The van der Waals surface area contributed by atoms with Gasteiger partial charge in [-0.3, -0.25) is 9.59 Å². The molecule has 5 heteroatoms. The van der Waals surface area contributed by atoms with Gasteiger partial charge in [0.2, 0.25) is 0 Å². The summed E-state index contributed by atoms with van der Waals surface area (Å²) in [6, 6.07) is 1.33. The van der Waals surface area contributed by atoms with Crippen LogP contribution in [0.4, 0.5) is 0 Å². The fourth-order valence-corrected chi connectivity index (χ4v) is 1.68. The van der Waals surface area contributed by atoms with Crippen LogP contribution in [0.2, 0.25) is 0 Å². The van der Waals surface area contributed by atoms with Gasteiger partial charge in [-0.2, -0.15) is 0 Å². The minimum Gasteiger partial charge on any atom is -0.367 e. The Morgan fingerprint density at radius 2 is 2.33 bits per heavy atom. The van der Waals surface area contributed by atoms with E-state index in [1.54, 1.807) is 0 Å². The molecule has 2 rings (SSSR count). The van der Waals surface area contributed by atoms with Crippen LogP contribution in [-0.4, -0.2) is 22.3 Å². The van der Waals surface area contributed by atoms with Gasteiger partial charge in [-0.15, -0.1) is 11.6 Å². The van der Waals surface area contributed by atoms with E-state index >= 15 is 0 Å². The molecule has 1 aliphatic rings. The van der Waals surface area contributed by atoms with Crippen molar-refractivity contribution in [2.24, 2.45) is 0 Å². The van der Waals surface area contributed by atoms with E-state index in [0.717, 1.165) is 12.8 Å². The third-order valence-corrected chi connectivity index (χ3v) is 3.07. The molecule has 0 aliphatic heterocycles. The van der Waals surface area contributed by atoms with Gasteiger partial charge in [-0.1, -0.05) is 0 Å². The molecular weight excluding hydrogens is 216 g/mol. The smallest absolute Gasteiger partial charge is 0.257 e. The van der Waals surface area contributed by atoms with Crippen molar-refractivity contribution in [3.05, 3.63) is 34.2 Å². The lowest BCUT2D eigenvalue weighted by Gasteiger charge is -2.13. The number of H-pyrrole nitrogens is 1. The number of pyridine rings is 1. The maximum Gasteiger partial charge on any atom is 0.257 e. The van der Waals surface area contributed by atoms with E-state index in [0.29, 0.717) is 5.88 Å². The van der Waals surface area contributed by atoms with Crippen molar-refractivity contribution < 1.29 is 4.79 Å². The van der Waals surface area contributed by atoms with Crippen molar-refractivity contribution in [1.82, 2.24) is 10.3 Å². The first-order valence-corrected chi connectivity index (χ1v) is 5.26. The number of hydrogen-bond donors (Lipinski definition) is 2. The lowest BCUT2D eigenvalue weighted by atomic mass is 10.2. The zero-order valence-corrected chi connectivity index (χ0v) is 8.80. The number of hydrogen-bond acceptors (Lipinski definition) is 2. The number of carbonyl (C=O) groups is 1. The van der Waals surface area contributed by atoms with Gasteiger partial charge in [0.15, 0.2) is 5.43 Å². The van der Waals surface area contributed by atoms with Gasteiger partial charge in [0.05, 0.1) is 5.54 Å². The first kappa shape index (κ1) is 10.2. The summed E-state index contributed by atoms with van der Waals surface area (Å²) in [7, 11) is 0. The van der Waals surface area contributed by atoms with Crippen LogP contribution in [0.1, 0.15) is 23.2 Å². The van der Waals surface area contributed by atoms with Crippen molar-refractivity contribution in [3.63, 3.8) is 0 Å². The molecule has 2 N–H and O–H groups in total. The highest BCUT2D eigenvalue weighted by molar-refractivity contribution is 6.19. The second kappa shape index (κ2) is 3.70. The van der Waals surface area contributed by atoms with Crippen molar-refractivity contribution in [1.29, 1.82) is 0 Å². The lowest BCUT2D eigenvalue weighted by molar-refractivity contribution is 0.0934. The predicted octanol–water partition coefficient (Wildman–Crippen LogP) is 0.876. The van der Waals surface area contributed by atoms with Crippen LogP contribution in [0.3, 0.4) is 0 Å². The largest absolute Gasteiger partial charge is 0.367 e. The lowest BCUT2D eigenvalue weighted by Crippen LogP contribution is -2.40. The normalized spacial score (nSPS) is 17.1. The molecule has 0 spiro atoms. The van der Waals surface area contributed by atoms with Crippen molar-refractivity contribution in [3.8, 4) is 0 Å². The van der Waals surface area contributed by atoms with Crippen molar-refractivity contribution in [2.75, 3.05) is 5.88 Å². The zero-order chi connectivity index (χ0) is 10.9. The van der Waals surface area contributed by atoms with E-state index in [4.69, 9.17) is 11.6 Å². The Hall–Kier alpha value is -1.29. The molecule has 1 saturated carbocycles. The summed E-state index contributed by atoms with van der Waals surface area (Å²) in [5, 5.41) is 2.78. The topological polar surface area (TPSA) is 62.0 Å². The molecule has 4 nitrogen and oxygen atoms in total. The number of aromatic nitrogens is 1. The Bertz CT molecular complexity index is 437. The first-order valence-electron chi connectivity index (χ1n) is 4.72. The number of halogens is 1. The molecule has 0 bridgehead atoms. The highest BCUT2D eigenvalue weighted by atomic mass is 35.5. The molecule has 0 saturated heterocycles. The Morgan fingerprint density at radius 3 is 2.87 bits per heavy atom. The van der Waals surface area contributed by atoms with E-state index < -0.39 is 0 Å². The molecule has 1 aliphatic carbocycles. The van der Waals surface area contributed by atoms with Gasteiger partial charge in [0.1, 0.15) is 5.56 Å². The van der Waals surface area contributed by atoms with E-state index in [2.05, 4.69) is 10.3 Å². The van der Waals surface area contributed by atoms with Crippen molar-refractivity contribution >= 4 is 17.5 Å². The Kier molecular flexibility index (Phi) is 2.52. The number of alkyl halides is 1. The monoisotopic (exact) mass is 226 g/mol. The summed E-state index contributed by atoms with van der Waals surface area (Å²) in [6.07, 6.45) is 4.66. The Labute approximate surface area is 91.6 Å². The molecule has 1 fully saturated rings. The van der Waals surface area contributed by atoms with E-state index in [-0.39, 0.29) is 22.4 Å². The zero-order valence-electron chi connectivity index (χ0n) is 8.05. The Balaban J connectivity index is 2.15. The summed E-state index contributed by atoms with van der Waals surface area (Å²) in [5.41, 5.74) is -0.425. The fraction of sp³-hybridized carbons (Fsp3) is 0.400. The number of nitrogens with one attached hydrogen (secondary N) is 2. The molecule has 80 valence electrons. The third-order valence-electron chi connectivity index (χ3n) is 2.56. The molecule has 1 aromatic heterocycles. The number of amides is 1. The first-order chi connectivity index (χ1) is 7.17. The molecule has 1 amide bonds. The molecule has 1 heterocycles. The number of carbonyl (C=O) groups excluding carboxylic acids is 1. The van der Waals surface area contributed by atoms with Gasteiger partial charge in [0.25, 0.3) is 5.91 Å². The van der Waals surface area contributed by atoms with Gasteiger partial charge in [-0.25, -0.2) is 0 Å². The quantitative estimate of drug-likeness (QED) is 0.752. The summed E-state index contributed by atoms with van der Waals surface area (Å²) in [5.74, 6) is 0.0405. The molecule has 0 radical (unpaired) electrons. The van der Waals surface area contributed by atoms with Crippen LogP contribution < -0.4 is 10.7 Å².